The molecule has 0 saturated heterocycles. The minimum atomic E-state index is -0.365. The Morgan fingerprint density at radius 3 is 2.47 bits per heavy atom. The van der Waals surface area contributed by atoms with Crippen LogP contribution >= 0.6 is 11.6 Å². The molecule has 0 atom stereocenters. The zero-order chi connectivity index (χ0) is 10.8. The van der Waals surface area contributed by atoms with E-state index in [0.717, 1.165) is 31.2 Å². The highest BCUT2D eigenvalue weighted by Crippen LogP contribution is 2.34. The van der Waals surface area contributed by atoms with Crippen LogP contribution in [0, 0.1) is 5.82 Å². The Labute approximate surface area is 93.9 Å². The zero-order valence-corrected chi connectivity index (χ0v) is 9.17. The first-order chi connectivity index (χ1) is 7.16. The summed E-state index contributed by atoms with van der Waals surface area (Å²) in [6.07, 6.45) is 3.43. The lowest BCUT2D eigenvalue weighted by molar-refractivity contribution is 0.122. The number of rotatable bonds is 1. The lowest BCUT2D eigenvalue weighted by Crippen LogP contribution is -2.16. The van der Waals surface area contributed by atoms with Crippen LogP contribution in [0.15, 0.2) is 18.2 Å². The quantitative estimate of drug-likeness (QED) is 0.780. The first kappa shape index (κ1) is 10.9. The van der Waals surface area contributed by atoms with Crippen molar-refractivity contribution < 1.29 is 9.50 Å². The Hall–Kier alpha value is -0.600. The highest BCUT2D eigenvalue weighted by atomic mass is 35.5. The molecule has 82 valence electrons. The number of aliphatic hydroxyl groups is 1. The summed E-state index contributed by atoms with van der Waals surface area (Å²) in [5, 5.41) is 9.58. The van der Waals surface area contributed by atoms with Gasteiger partial charge < -0.3 is 5.11 Å². The third kappa shape index (κ3) is 2.50. The first-order valence-corrected chi connectivity index (χ1v) is 5.67. The van der Waals surface area contributed by atoms with Crippen LogP contribution in [0.4, 0.5) is 4.39 Å². The van der Waals surface area contributed by atoms with Crippen LogP contribution in [-0.4, -0.2) is 11.2 Å². The van der Waals surface area contributed by atoms with E-state index in [1.807, 2.05) is 0 Å². The van der Waals surface area contributed by atoms with Crippen molar-refractivity contribution >= 4 is 11.6 Å². The van der Waals surface area contributed by atoms with Crippen molar-refractivity contribution in [3.8, 4) is 0 Å². The molecule has 3 heteroatoms. The summed E-state index contributed by atoms with van der Waals surface area (Å²) in [5.74, 6) is 0.0581. The SMILES string of the molecule is OC1CCC(c2ccc(F)c(Cl)c2)CC1. The van der Waals surface area contributed by atoms with Gasteiger partial charge in [-0.15, -0.1) is 0 Å². The molecule has 1 aliphatic rings. The molecule has 1 aliphatic carbocycles. The summed E-state index contributed by atoms with van der Waals surface area (Å²) in [4.78, 5) is 0. The van der Waals surface area contributed by atoms with Gasteiger partial charge in [0, 0.05) is 0 Å². The van der Waals surface area contributed by atoms with Crippen molar-refractivity contribution in [3.63, 3.8) is 0 Å². The first-order valence-electron chi connectivity index (χ1n) is 5.30. The number of aliphatic hydroxyl groups excluding tert-OH is 1. The molecule has 0 bridgehead atoms. The van der Waals surface area contributed by atoms with Crippen molar-refractivity contribution in [1.82, 2.24) is 0 Å². The molecule has 0 aliphatic heterocycles. The summed E-state index contributed by atoms with van der Waals surface area (Å²) in [6.45, 7) is 0. The van der Waals surface area contributed by atoms with Gasteiger partial charge in [-0.05, 0) is 49.3 Å². The van der Waals surface area contributed by atoms with Crippen molar-refractivity contribution in [3.05, 3.63) is 34.6 Å². The van der Waals surface area contributed by atoms with E-state index in [2.05, 4.69) is 0 Å². The van der Waals surface area contributed by atoms with E-state index in [1.54, 1.807) is 12.1 Å². The monoisotopic (exact) mass is 228 g/mol. The fourth-order valence-electron chi connectivity index (χ4n) is 2.18. The van der Waals surface area contributed by atoms with Gasteiger partial charge in [0.1, 0.15) is 5.82 Å². The van der Waals surface area contributed by atoms with Crippen LogP contribution in [0.25, 0.3) is 0 Å². The molecule has 0 unspecified atom stereocenters. The van der Waals surface area contributed by atoms with Gasteiger partial charge in [0.15, 0.2) is 0 Å². The Morgan fingerprint density at radius 2 is 1.87 bits per heavy atom. The Balaban J connectivity index is 2.12. The number of halogens is 2. The predicted octanol–water partition coefficient (Wildman–Crippen LogP) is 3.50. The lowest BCUT2D eigenvalue weighted by atomic mass is 9.83. The molecule has 1 aromatic carbocycles. The number of hydrogen-bond donors (Lipinski definition) is 1. The summed E-state index contributed by atoms with van der Waals surface area (Å²) in [6, 6.07) is 4.92. The van der Waals surface area contributed by atoms with Crippen LogP contribution in [0.2, 0.25) is 5.02 Å². The lowest BCUT2D eigenvalue weighted by Gasteiger charge is -2.25. The van der Waals surface area contributed by atoms with Gasteiger partial charge in [-0.3, -0.25) is 0 Å². The topological polar surface area (TPSA) is 20.2 Å². The van der Waals surface area contributed by atoms with E-state index in [9.17, 15) is 9.50 Å². The summed E-state index contributed by atoms with van der Waals surface area (Å²) < 4.78 is 13.0. The maximum atomic E-state index is 13.0. The molecule has 1 fully saturated rings. The molecule has 0 radical (unpaired) electrons. The molecule has 0 aromatic heterocycles. The fourth-order valence-corrected chi connectivity index (χ4v) is 2.36. The van der Waals surface area contributed by atoms with Crippen molar-refractivity contribution in [1.29, 1.82) is 0 Å². The van der Waals surface area contributed by atoms with Gasteiger partial charge in [0.05, 0.1) is 11.1 Å². The molecular formula is C12H14ClFO. The van der Waals surface area contributed by atoms with Crippen molar-refractivity contribution in [2.45, 2.75) is 37.7 Å². The average molecular weight is 229 g/mol. The highest BCUT2D eigenvalue weighted by Gasteiger charge is 2.21. The standard InChI is InChI=1S/C12H14ClFO/c13-11-7-9(3-6-12(11)14)8-1-4-10(15)5-2-8/h3,6-8,10,15H,1-2,4-5H2. The second kappa shape index (κ2) is 4.50. The van der Waals surface area contributed by atoms with Crippen LogP contribution < -0.4 is 0 Å². The maximum Gasteiger partial charge on any atom is 0.141 e. The van der Waals surface area contributed by atoms with Gasteiger partial charge in [-0.25, -0.2) is 4.39 Å². The smallest absolute Gasteiger partial charge is 0.141 e. The van der Waals surface area contributed by atoms with E-state index in [-0.39, 0.29) is 16.9 Å². The number of hydrogen-bond acceptors (Lipinski definition) is 1. The molecule has 0 heterocycles. The van der Waals surface area contributed by atoms with Gasteiger partial charge in [-0.2, -0.15) is 0 Å². The third-order valence-corrected chi connectivity index (χ3v) is 3.40. The van der Waals surface area contributed by atoms with E-state index >= 15 is 0 Å². The van der Waals surface area contributed by atoms with Gasteiger partial charge in [0.2, 0.25) is 0 Å². The Morgan fingerprint density at radius 1 is 1.20 bits per heavy atom. The van der Waals surface area contributed by atoms with E-state index in [4.69, 9.17) is 11.6 Å². The summed E-state index contributed by atoms with van der Waals surface area (Å²) in [5.41, 5.74) is 1.09. The van der Waals surface area contributed by atoms with Crippen molar-refractivity contribution in [2.24, 2.45) is 0 Å². The average Bonchev–Trinajstić information content (AvgIpc) is 2.23. The molecule has 15 heavy (non-hydrogen) atoms. The maximum absolute atomic E-state index is 13.0. The normalized spacial score (nSPS) is 26.6. The predicted molar refractivity (Wildman–Crippen MR) is 58.6 cm³/mol. The molecule has 1 N–H and O–H groups in total. The van der Waals surface area contributed by atoms with E-state index < -0.39 is 0 Å². The fraction of sp³-hybridized carbons (Fsp3) is 0.500. The van der Waals surface area contributed by atoms with Crippen LogP contribution in [0.1, 0.15) is 37.2 Å². The van der Waals surface area contributed by atoms with Crippen LogP contribution in [0.5, 0.6) is 0 Å². The summed E-state index contributed by atoms with van der Waals surface area (Å²) >= 11 is 5.74. The van der Waals surface area contributed by atoms with Crippen LogP contribution in [0.3, 0.4) is 0 Å². The van der Waals surface area contributed by atoms with E-state index in [0.29, 0.717) is 5.92 Å². The molecule has 1 aromatic rings. The minimum Gasteiger partial charge on any atom is -0.393 e. The zero-order valence-electron chi connectivity index (χ0n) is 8.42. The van der Waals surface area contributed by atoms with Gasteiger partial charge in [-0.1, -0.05) is 17.7 Å². The van der Waals surface area contributed by atoms with Crippen LogP contribution in [-0.2, 0) is 0 Å². The van der Waals surface area contributed by atoms with Gasteiger partial charge in [0.25, 0.3) is 0 Å². The molecule has 1 saturated carbocycles. The molecular weight excluding hydrogens is 215 g/mol. The number of benzene rings is 1. The highest BCUT2D eigenvalue weighted by molar-refractivity contribution is 6.30. The largest absolute Gasteiger partial charge is 0.393 e. The molecule has 0 spiro atoms. The molecule has 0 amide bonds. The molecule has 1 nitrogen and oxygen atoms in total. The van der Waals surface area contributed by atoms with Gasteiger partial charge >= 0.3 is 0 Å². The Bertz CT molecular complexity index is 345. The van der Waals surface area contributed by atoms with E-state index in [1.165, 1.54) is 6.07 Å². The second-order valence-electron chi connectivity index (χ2n) is 4.18. The summed E-state index contributed by atoms with van der Waals surface area (Å²) in [7, 11) is 0. The Kier molecular flexibility index (Phi) is 3.27. The second-order valence-corrected chi connectivity index (χ2v) is 4.59. The molecule has 2 rings (SSSR count). The van der Waals surface area contributed by atoms with Crippen molar-refractivity contribution in [2.75, 3.05) is 0 Å². The minimum absolute atomic E-state index is 0.155. The third-order valence-electron chi connectivity index (χ3n) is 3.11.